The number of furan rings is 1. The first-order chi connectivity index (χ1) is 12.0. The van der Waals surface area contributed by atoms with Crippen molar-refractivity contribution in [3.63, 3.8) is 0 Å². The minimum absolute atomic E-state index is 0.0987. The van der Waals surface area contributed by atoms with Crippen molar-refractivity contribution in [2.75, 3.05) is 14.2 Å². The molecule has 3 N–H and O–H groups in total. The van der Waals surface area contributed by atoms with Crippen molar-refractivity contribution in [2.45, 2.75) is 6.61 Å². The Morgan fingerprint density at radius 3 is 2.72 bits per heavy atom. The van der Waals surface area contributed by atoms with Gasteiger partial charge in [-0.3, -0.25) is 0 Å². The zero-order chi connectivity index (χ0) is 18.2. The number of hydrazone groups is 1. The van der Waals surface area contributed by atoms with Gasteiger partial charge in [0, 0.05) is 0 Å². The highest BCUT2D eigenvalue weighted by Gasteiger charge is 2.12. The maximum Gasteiger partial charge on any atom is 0.373 e. The van der Waals surface area contributed by atoms with Crippen LogP contribution in [0.5, 0.6) is 11.5 Å². The van der Waals surface area contributed by atoms with Crippen molar-refractivity contribution in [1.29, 1.82) is 0 Å². The van der Waals surface area contributed by atoms with Gasteiger partial charge in [-0.2, -0.15) is 5.10 Å². The van der Waals surface area contributed by atoms with Crippen LogP contribution in [-0.4, -0.2) is 32.4 Å². The fourth-order valence-electron chi connectivity index (χ4n) is 1.87. The maximum atomic E-state index is 11.3. The predicted molar refractivity (Wildman–Crippen MR) is 87.7 cm³/mol. The lowest BCUT2D eigenvalue weighted by molar-refractivity contribution is 0.0561. The molecule has 2 aromatic rings. The summed E-state index contributed by atoms with van der Waals surface area (Å²) in [5.74, 6) is 0.929. The number of nitrogens with two attached hydrogens (primary N) is 1. The molecule has 1 aromatic carbocycles. The average Bonchev–Trinajstić information content (AvgIpc) is 3.08. The Balaban J connectivity index is 2.04. The maximum absolute atomic E-state index is 11.3. The van der Waals surface area contributed by atoms with E-state index in [1.54, 1.807) is 24.3 Å². The summed E-state index contributed by atoms with van der Waals surface area (Å²) in [6, 6.07) is 7.43. The summed E-state index contributed by atoms with van der Waals surface area (Å²) in [7, 11) is 2.77. The van der Waals surface area contributed by atoms with Crippen LogP contribution in [0.1, 0.15) is 21.9 Å². The van der Waals surface area contributed by atoms with Crippen LogP contribution in [0.15, 0.2) is 39.9 Å². The number of carbonyl (C=O) groups excluding carboxylic acids is 2. The molecule has 1 aromatic heterocycles. The summed E-state index contributed by atoms with van der Waals surface area (Å²) in [5, 5.41) is 3.66. The van der Waals surface area contributed by atoms with Crippen molar-refractivity contribution in [1.82, 2.24) is 5.43 Å². The lowest BCUT2D eigenvalue weighted by atomic mass is 10.2. The van der Waals surface area contributed by atoms with E-state index >= 15 is 0 Å². The molecule has 0 fully saturated rings. The Labute approximate surface area is 143 Å². The van der Waals surface area contributed by atoms with E-state index in [1.165, 1.54) is 26.5 Å². The van der Waals surface area contributed by atoms with Gasteiger partial charge in [-0.1, -0.05) is 0 Å². The molecule has 0 saturated carbocycles. The second kappa shape index (κ2) is 8.39. The first-order valence-electron chi connectivity index (χ1n) is 7.10. The number of urea groups is 1. The minimum atomic E-state index is -0.757. The Bertz CT molecular complexity index is 784. The van der Waals surface area contributed by atoms with Gasteiger partial charge >= 0.3 is 12.0 Å². The highest BCUT2D eigenvalue weighted by Crippen LogP contribution is 2.28. The topological polar surface area (TPSA) is 125 Å². The number of esters is 1. The van der Waals surface area contributed by atoms with E-state index in [0.29, 0.717) is 22.8 Å². The van der Waals surface area contributed by atoms with Gasteiger partial charge in [-0.15, -0.1) is 0 Å². The summed E-state index contributed by atoms with van der Waals surface area (Å²) >= 11 is 0. The van der Waals surface area contributed by atoms with Gasteiger partial charge in [-0.05, 0) is 35.9 Å². The van der Waals surface area contributed by atoms with E-state index in [2.05, 4.69) is 15.3 Å². The second-order valence-corrected chi connectivity index (χ2v) is 4.69. The summed E-state index contributed by atoms with van der Waals surface area (Å²) in [6.45, 7) is 0.101. The van der Waals surface area contributed by atoms with Gasteiger partial charge in [0.1, 0.15) is 12.4 Å². The van der Waals surface area contributed by atoms with E-state index in [1.807, 2.05) is 0 Å². The molecular formula is C16H17N3O6. The van der Waals surface area contributed by atoms with Crippen LogP contribution in [-0.2, 0) is 11.3 Å². The lowest BCUT2D eigenvalue weighted by Gasteiger charge is -2.10. The van der Waals surface area contributed by atoms with E-state index in [4.69, 9.17) is 19.6 Å². The molecule has 0 aliphatic rings. The lowest BCUT2D eigenvalue weighted by Crippen LogP contribution is -2.24. The van der Waals surface area contributed by atoms with Crippen molar-refractivity contribution in [2.24, 2.45) is 10.8 Å². The summed E-state index contributed by atoms with van der Waals surface area (Å²) in [6.07, 6.45) is 1.41. The Morgan fingerprint density at radius 2 is 2.04 bits per heavy atom. The van der Waals surface area contributed by atoms with Crippen molar-refractivity contribution in [3.8, 4) is 11.5 Å². The molecule has 9 heteroatoms. The average molecular weight is 347 g/mol. The van der Waals surface area contributed by atoms with Gasteiger partial charge in [0.25, 0.3) is 0 Å². The zero-order valence-corrected chi connectivity index (χ0v) is 13.6. The highest BCUT2D eigenvalue weighted by atomic mass is 16.5. The van der Waals surface area contributed by atoms with Crippen molar-refractivity contribution in [3.05, 3.63) is 47.4 Å². The molecule has 0 aliphatic carbocycles. The number of nitrogens with one attached hydrogen (secondary N) is 1. The molecule has 1 heterocycles. The monoisotopic (exact) mass is 347 g/mol. The number of primary amides is 1. The fourth-order valence-corrected chi connectivity index (χ4v) is 1.87. The van der Waals surface area contributed by atoms with E-state index in [-0.39, 0.29) is 12.4 Å². The van der Waals surface area contributed by atoms with Gasteiger partial charge in [0.2, 0.25) is 5.76 Å². The Kier molecular flexibility index (Phi) is 5.99. The molecule has 0 saturated heterocycles. The summed E-state index contributed by atoms with van der Waals surface area (Å²) < 4.78 is 20.8. The second-order valence-electron chi connectivity index (χ2n) is 4.69. The highest BCUT2D eigenvalue weighted by molar-refractivity contribution is 5.86. The molecule has 0 spiro atoms. The van der Waals surface area contributed by atoms with E-state index in [9.17, 15) is 9.59 Å². The molecule has 9 nitrogen and oxygen atoms in total. The SMILES string of the molecule is COC(=O)c1ccc(COc2ccc(C=NNC(N)=O)cc2OC)o1. The first kappa shape index (κ1) is 17.9. The fraction of sp³-hybridized carbons (Fsp3) is 0.188. The van der Waals surface area contributed by atoms with Crippen molar-refractivity contribution < 1.29 is 28.2 Å². The first-order valence-corrected chi connectivity index (χ1v) is 7.10. The standard InChI is InChI=1S/C16H17N3O6/c1-22-14-7-10(8-18-19-16(17)21)3-5-12(14)24-9-11-4-6-13(25-11)15(20)23-2/h3-8H,9H2,1-2H3,(H3,17,19,21). The van der Waals surface area contributed by atoms with E-state index < -0.39 is 12.0 Å². The van der Waals surface area contributed by atoms with Crippen LogP contribution in [0.25, 0.3) is 0 Å². The number of benzene rings is 1. The van der Waals surface area contributed by atoms with Gasteiger partial charge in [-0.25, -0.2) is 15.0 Å². The smallest absolute Gasteiger partial charge is 0.373 e. The quantitative estimate of drug-likeness (QED) is 0.446. The zero-order valence-electron chi connectivity index (χ0n) is 13.6. The molecule has 0 bridgehead atoms. The number of carbonyl (C=O) groups is 2. The van der Waals surface area contributed by atoms with Gasteiger partial charge < -0.3 is 24.4 Å². The third kappa shape index (κ3) is 4.99. The molecule has 25 heavy (non-hydrogen) atoms. The number of hydrogen-bond acceptors (Lipinski definition) is 7. The number of hydrogen-bond donors (Lipinski definition) is 2. The van der Waals surface area contributed by atoms with Crippen LogP contribution in [0, 0.1) is 0 Å². The summed E-state index contributed by atoms with van der Waals surface area (Å²) in [5.41, 5.74) is 7.68. The normalized spacial score (nSPS) is 10.5. The molecule has 0 aliphatic heterocycles. The molecule has 0 unspecified atom stereocenters. The van der Waals surface area contributed by atoms with Crippen molar-refractivity contribution >= 4 is 18.2 Å². The van der Waals surface area contributed by atoms with E-state index in [0.717, 1.165) is 0 Å². The van der Waals surface area contributed by atoms with Crippen LogP contribution >= 0.6 is 0 Å². The molecular weight excluding hydrogens is 330 g/mol. The van der Waals surface area contributed by atoms with Gasteiger partial charge in [0.15, 0.2) is 11.5 Å². The third-order valence-electron chi connectivity index (χ3n) is 2.99. The molecule has 2 rings (SSSR count). The molecule has 132 valence electrons. The Hall–Kier alpha value is -3.49. The summed E-state index contributed by atoms with van der Waals surface area (Å²) in [4.78, 5) is 21.9. The number of amides is 2. The minimum Gasteiger partial charge on any atom is -0.493 e. The largest absolute Gasteiger partial charge is 0.493 e. The number of methoxy groups -OCH3 is 2. The molecule has 0 atom stereocenters. The van der Waals surface area contributed by atoms with Crippen LogP contribution in [0.4, 0.5) is 4.79 Å². The predicted octanol–water partition coefficient (Wildman–Crippen LogP) is 1.66. The van der Waals surface area contributed by atoms with Crippen LogP contribution in [0.2, 0.25) is 0 Å². The van der Waals surface area contributed by atoms with Gasteiger partial charge in [0.05, 0.1) is 20.4 Å². The van der Waals surface area contributed by atoms with Crippen LogP contribution < -0.4 is 20.6 Å². The molecule has 0 radical (unpaired) electrons. The number of nitrogens with zero attached hydrogens (tertiary/aromatic N) is 1. The third-order valence-corrected chi connectivity index (χ3v) is 2.99. The number of rotatable bonds is 7. The number of ether oxygens (including phenoxy) is 3. The molecule has 2 amide bonds. The Morgan fingerprint density at radius 1 is 1.24 bits per heavy atom. The van der Waals surface area contributed by atoms with Crippen LogP contribution in [0.3, 0.4) is 0 Å².